The second kappa shape index (κ2) is 5.85. The van der Waals surface area contributed by atoms with E-state index < -0.39 is 4.92 Å². The van der Waals surface area contributed by atoms with Crippen LogP contribution in [0.2, 0.25) is 0 Å². The first kappa shape index (κ1) is 13.6. The predicted molar refractivity (Wildman–Crippen MR) is 73.2 cm³/mol. The molecule has 0 amide bonds. The Bertz CT molecular complexity index is 458. The summed E-state index contributed by atoms with van der Waals surface area (Å²) in [4.78, 5) is 14.8. The standard InChI is InChI=1S/C12H18N4O3/c13-10-1-2-11(12(9-10)16(18)19)15-5-3-14(4-6-15)7-8-17/h1-2,9,17H,3-8,13H2. The molecule has 1 aromatic rings. The summed E-state index contributed by atoms with van der Waals surface area (Å²) in [5.74, 6) is 0. The van der Waals surface area contributed by atoms with Gasteiger partial charge in [0, 0.05) is 44.5 Å². The SMILES string of the molecule is Nc1ccc(N2CCN(CCO)CC2)c([N+](=O)[O-])c1. The number of rotatable bonds is 4. The molecule has 1 fully saturated rings. The summed E-state index contributed by atoms with van der Waals surface area (Å²) in [5.41, 5.74) is 6.66. The number of anilines is 2. The number of hydrogen-bond acceptors (Lipinski definition) is 6. The molecule has 0 aliphatic carbocycles. The molecule has 7 nitrogen and oxygen atoms in total. The molecule has 0 saturated carbocycles. The normalized spacial score (nSPS) is 16.6. The Kier molecular flexibility index (Phi) is 4.18. The van der Waals surface area contributed by atoms with Crippen LogP contribution in [0, 0.1) is 10.1 Å². The van der Waals surface area contributed by atoms with Gasteiger partial charge in [-0.25, -0.2) is 0 Å². The van der Waals surface area contributed by atoms with Gasteiger partial charge >= 0.3 is 0 Å². The van der Waals surface area contributed by atoms with Crippen LogP contribution in [0.5, 0.6) is 0 Å². The zero-order valence-electron chi connectivity index (χ0n) is 10.7. The molecule has 1 aromatic carbocycles. The predicted octanol–water partition coefficient (Wildman–Crippen LogP) is 0.291. The van der Waals surface area contributed by atoms with E-state index in [0.29, 0.717) is 31.0 Å². The lowest BCUT2D eigenvalue weighted by Gasteiger charge is -2.35. The van der Waals surface area contributed by atoms with Crippen LogP contribution in [-0.4, -0.2) is 54.3 Å². The second-order valence-corrected chi connectivity index (χ2v) is 4.56. The molecule has 1 heterocycles. The molecule has 0 bridgehead atoms. The Morgan fingerprint density at radius 2 is 2.00 bits per heavy atom. The summed E-state index contributed by atoms with van der Waals surface area (Å²) in [6.07, 6.45) is 0. The minimum absolute atomic E-state index is 0.0515. The molecule has 0 unspecified atom stereocenters. The molecule has 3 N–H and O–H groups in total. The van der Waals surface area contributed by atoms with Crippen LogP contribution in [0.15, 0.2) is 18.2 Å². The van der Waals surface area contributed by atoms with Gasteiger partial charge in [-0.2, -0.15) is 0 Å². The summed E-state index contributed by atoms with van der Waals surface area (Å²) >= 11 is 0. The highest BCUT2D eigenvalue weighted by atomic mass is 16.6. The van der Waals surface area contributed by atoms with E-state index in [1.807, 2.05) is 4.90 Å². The molecule has 1 saturated heterocycles. The van der Waals surface area contributed by atoms with Gasteiger partial charge < -0.3 is 15.7 Å². The average molecular weight is 266 g/mol. The molecule has 0 spiro atoms. The molecule has 104 valence electrons. The van der Waals surface area contributed by atoms with Gasteiger partial charge in [0.2, 0.25) is 0 Å². The lowest BCUT2D eigenvalue weighted by molar-refractivity contribution is -0.384. The van der Waals surface area contributed by atoms with Gasteiger partial charge in [-0.05, 0) is 12.1 Å². The molecule has 1 aliphatic rings. The highest BCUT2D eigenvalue weighted by Crippen LogP contribution is 2.30. The van der Waals surface area contributed by atoms with E-state index in [9.17, 15) is 10.1 Å². The van der Waals surface area contributed by atoms with Crippen LogP contribution in [-0.2, 0) is 0 Å². The molecule has 19 heavy (non-hydrogen) atoms. The van der Waals surface area contributed by atoms with Gasteiger partial charge in [-0.3, -0.25) is 15.0 Å². The van der Waals surface area contributed by atoms with Crippen molar-refractivity contribution in [3.8, 4) is 0 Å². The molecule has 1 aliphatic heterocycles. The van der Waals surface area contributed by atoms with Crippen LogP contribution in [0.4, 0.5) is 17.1 Å². The van der Waals surface area contributed by atoms with Crippen molar-refractivity contribution < 1.29 is 10.0 Å². The van der Waals surface area contributed by atoms with Crippen molar-refractivity contribution in [2.24, 2.45) is 0 Å². The number of nitro benzene ring substituents is 1. The number of nitro groups is 1. The van der Waals surface area contributed by atoms with Gasteiger partial charge in [0.15, 0.2) is 0 Å². The second-order valence-electron chi connectivity index (χ2n) is 4.56. The van der Waals surface area contributed by atoms with Crippen molar-refractivity contribution >= 4 is 17.1 Å². The number of nitrogens with zero attached hydrogens (tertiary/aromatic N) is 3. The smallest absolute Gasteiger partial charge is 0.294 e. The number of aliphatic hydroxyl groups excluding tert-OH is 1. The molecule has 0 atom stereocenters. The quantitative estimate of drug-likeness (QED) is 0.462. The third-order valence-electron chi connectivity index (χ3n) is 3.33. The van der Waals surface area contributed by atoms with E-state index >= 15 is 0 Å². The molecule has 0 aromatic heterocycles. The Morgan fingerprint density at radius 3 is 2.58 bits per heavy atom. The van der Waals surface area contributed by atoms with Crippen LogP contribution in [0.1, 0.15) is 0 Å². The topological polar surface area (TPSA) is 95.9 Å². The van der Waals surface area contributed by atoms with E-state index in [0.717, 1.165) is 13.1 Å². The first-order valence-corrected chi connectivity index (χ1v) is 6.24. The highest BCUT2D eigenvalue weighted by Gasteiger charge is 2.23. The fourth-order valence-corrected chi connectivity index (χ4v) is 2.31. The van der Waals surface area contributed by atoms with Crippen LogP contribution < -0.4 is 10.6 Å². The highest BCUT2D eigenvalue weighted by molar-refractivity contribution is 5.68. The first-order valence-electron chi connectivity index (χ1n) is 6.24. The Labute approximate surface area is 111 Å². The lowest BCUT2D eigenvalue weighted by atomic mass is 10.2. The fourth-order valence-electron chi connectivity index (χ4n) is 2.31. The van der Waals surface area contributed by atoms with Crippen molar-refractivity contribution in [1.82, 2.24) is 4.90 Å². The molecular weight excluding hydrogens is 248 g/mol. The number of hydrogen-bond donors (Lipinski definition) is 2. The fraction of sp³-hybridized carbons (Fsp3) is 0.500. The van der Waals surface area contributed by atoms with Gasteiger partial charge in [0.1, 0.15) is 5.69 Å². The lowest BCUT2D eigenvalue weighted by Crippen LogP contribution is -2.47. The summed E-state index contributed by atoms with van der Waals surface area (Å²) in [6.45, 7) is 3.80. The summed E-state index contributed by atoms with van der Waals surface area (Å²) in [6, 6.07) is 4.78. The zero-order valence-corrected chi connectivity index (χ0v) is 10.7. The van der Waals surface area contributed by atoms with Gasteiger partial charge in [-0.1, -0.05) is 0 Å². The largest absolute Gasteiger partial charge is 0.399 e. The minimum Gasteiger partial charge on any atom is -0.399 e. The maximum Gasteiger partial charge on any atom is 0.294 e. The van der Waals surface area contributed by atoms with E-state index in [1.165, 1.54) is 6.07 Å². The summed E-state index contributed by atoms with van der Waals surface area (Å²) < 4.78 is 0. The van der Waals surface area contributed by atoms with E-state index in [1.54, 1.807) is 12.1 Å². The summed E-state index contributed by atoms with van der Waals surface area (Å²) in [5, 5.41) is 20.0. The summed E-state index contributed by atoms with van der Waals surface area (Å²) in [7, 11) is 0. The third kappa shape index (κ3) is 3.12. The average Bonchev–Trinajstić information content (AvgIpc) is 2.40. The van der Waals surface area contributed by atoms with Crippen molar-refractivity contribution in [2.45, 2.75) is 0 Å². The van der Waals surface area contributed by atoms with Gasteiger partial charge in [0.05, 0.1) is 11.5 Å². The van der Waals surface area contributed by atoms with Gasteiger partial charge in [0.25, 0.3) is 5.69 Å². The van der Waals surface area contributed by atoms with Crippen molar-refractivity contribution in [1.29, 1.82) is 0 Å². The molecule has 7 heteroatoms. The van der Waals surface area contributed by atoms with Crippen LogP contribution >= 0.6 is 0 Å². The van der Waals surface area contributed by atoms with Crippen LogP contribution in [0.25, 0.3) is 0 Å². The molecule has 0 radical (unpaired) electrons. The molecule has 2 rings (SSSR count). The van der Waals surface area contributed by atoms with Crippen molar-refractivity contribution in [3.63, 3.8) is 0 Å². The number of nitrogens with two attached hydrogens (primary N) is 1. The first-order chi connectivity index (χ1) is 9.11. The Hall–Kier alpha value is -1.86. The Morgan fingerprint density at radius 1 is 1.32 bits per heavy atom. The minimum atomic E-state index is -0.397. The maximum atomic E-state index is 11.1. The number of benzene rings is 1. The maximum absolute atomic E-state index is 11.1. The molecular formula is C12H18N4O3. The van der Waals surface area contributed by atoms with Crippen molar-refractivity contribution in [2.75, 3.05) is 50.0 Å². The van der Waals surface area contributed by atoms with E-state index in [4.69, 9.17) is 10.8 Å². The van der Waals surface area contributed by atoms with E-state index in [-0.39, 0.29) is 12.3 Å². The number of piperazine rings is 1. The van der Waals surface area contributed by atoms with E-state index in [2.05, 4.69) is 4.90 Å². The third-order valence-corrected chi connectivity index (χ3v) is 3.33. The monoisotopic (exact) mass is 266 g/mol. The Balaban J connectivity index is 2.13. The van der Waals surface area contributed by atoms with Crippen molar-refractivity contribution in [3.05, 3.63) is 28.3 Å². The van der Waals surface area contributed by atoms with Gasteiger partial charge in [-0.15, -0.1) is 0 Å². The number of nitrogen functional groups attached to an aromatic ring is 1. The number of β-amino-alcohol motifs (C(OH)–C–C–N with tert-alkyl or cyclic N) is 1. The number of aliphatic hydroxyl groups is 1. The van der Waals surface area contributed by atoms with Crippen LogP contribution in [0.3, 0.4) is 0 Å². The zero-order chi connectivity index (χ0) is 13.8.